The van der Waals surface area contributed by atoms with E-state index in [1.807, 2.05) is 0 Å². The normalized spacial score (nSPS) is 18.9. The predicted molar refractivity (Wildman–Crippen MR) is 64.7 cm³/mol. The number of carbonyl (C=O) groups is 1. The highest BCUT2D eigenvalue weighted by molar-refractivity contribution is 6.03. The van der Waals surface area contributed by atoms with Gasteiger partial charge in [0.1, 0.15) is 23.5 Å². The molecule has 2 N–H and O–H groups in total. The van der Waals surface area contributed by atoms with Gasteiger partial charge in [-0.25, -0.2) is 13.6 Å². The van der Waals surface area contributed by atoms with Crippen LogP contribution in [0.15, 0.2) is 23.2 Å². The van der Waals surface area contributed by atoms with Crippen molar-refractivity contribution in [3.8, 4) is 0 Å². The van der Waals surface area contributed by atoms with Gasteiger partial charge in [0.15, 0.2) is 0 Å². The van der Waals surface area contributed by atoms with Gasteiger partial charge in [0, 0.05) is 19.7 Å². The van der Waals surface area contributed by atoms with E-state index >= 15 is 0 Å². The van der Waals surface area contributed by atoms with E-state index in [4.69, 9.17) is 10.5 Å². The van der Waals surface area contributed by atoms with Crippen molar-refractivity contribution < 1.29 is 18.3 Å². The minimum atomic E-state index is -0.757. The zero-order valence-electron chi connectivity index (χ0n) is 10.3. The van der Waals surface area contributed by atoms with Crippen LogP contribution in [0.4, 0.5) is 13.6 Å². The first-order valence-electron chi connectivity index (χ1n) is 5.62. The molecule has 2 amide bonds. The number of hydrogen-bond donors (Lipinski definition) is 1. The van der Waals surface area contributed by atoms with Crippen LogP contribution in [0.5, 0.6) is 0 Å². The number of nitrogens with zero attached hydrogens (tertiary/aromatic N) is 2. The monoisotopic (exact) mass is 269 g/mol. The van der Waals surface area contributed by atoms with Gasteiger partial charge in [0.05, 0.1) is 6.61 Å². The van der Waals surface area contributed by atoms with E-state index in [0.29, 0.717) is 0 Å². The molecular formula is C12H13F2N3O2. The molecule has 1 aliphatic rings. The Morgan fingerprint density at radius 2 is 2.00 bits per heavy atom. The maximum Gasteiger partial charge on any atom is 0.346 e. The van der Waals surface area contributed by atoms with E-state index in [1.165, 1.54) is 12.0 Å². The molecule has 0 aliphatic carbocycles. The summed E-state index contributed by atoms with van der Waals surface area (Å²) < 4.78 is 31.4. The third-order valence-electron chi connectivity index (χ3n) is 2.80. The van der Waals surface area contributed by atoms with Crippen LogP contribution in [0.25, 0.3) is 0 Å². The maximum atomic E-state index is 13.2. The van der Waals surface area contributed by atoms with E-state index in [-0.39, 0.29) is 24.6 Å². The standard InChI is InChI=1S/C12H13F2N3O2/c1-19-3-2-17-10(11(15)16-12(17)18)7-4-8(13)6-9(14)5-7/h4-6,10H,2-3H2,1H3,(H2,15,16,18). The van der Waals surface area contributed by atoms with E-state index in [1.54, 1.807) is 0 Å². The van der Waals surface area contributed by atoms with E-state index in [2.05, 4.69) is 4.99 Å². The van der Waals surface area contributed by atoms with Crippen molar-refractivity contribution in [2.75, 3.05) is 20.3 Å². The van der Waals surface area contributed by atoms with Gasteiger partial charge in [-0.15, -0.1) is 0 Å². The Kier molecular flexibility index (Phi) is 3.75. The minimum Gasteiger partial charge on any atom is -0.385 e. The average molecular weight is 269 g/mol. The van der Waals surface area contributed by atoms with E-state index in [0.717, 1.165) is 18.2 Å². The molecule has 1 aliphatic heterocycles. The molecule has 2 rings (SSSR count). The number of carbonyl (C=O) groups excluding carboxylic acids is 1. The highest BCUT2D eigenvalue weighted by Crippen LogP contribution is 2.27. The maximum absolute atomic E-state index is 13.2. The van der Waals surface area contributed by atoms with Gasteiger partial charge >= 0.3 is 6.03 Å². The Balaban J connectivity index is 2.34. The van der Waals surface area contributed by atoms with Crippen molar-refractivity contribution in [3.63, 3.8) is 0 Å². The molecule has 0 radical (unpaired) electrons. The van der Waals surface area contributed by atoms with Crippen molar-refractivity contribution >= 4 is 11.9 Å². The summed E-state index contributed by atoms with van der Waals surface area (Å²) in [5, 5.41) is 0. The van der Waals surface area contributed by atoms with Crippen molar-refractivity contribution in [2.24, 2.45) is 10.7 Å². The molecule has 19 heavy (non-hydrogen) atoms. The van der Waals surface area contributed by atoms with Crippen LogP contribution in [0.1, 0.15) is 11.6 Å². The molecule has 5 nitrogen and oxygen atoms in total. The summed E-state index contributed by atoms with van der Waals surface area (Å²) in [5.74, 6) is -1.44. The third-order valence-corrected chi connectivity index (χ3v) is 2.80. The SMILES string of the molecule is COCCN1C(=O)N=C(N)C1c1cc(F)cc(F)c1. The average Bonchev–Trinajstić information content (AvgIpc) is 2.59. The number of halogens is 2. The third kappa shape index (κ3) is 2.70. The minimum absolute atomic E-state index is 0.0195. The smallest absolute Gasteiger partial charge is 0.346 e. The van der Waals surface area contributed by atoms with Gasteiger partial charge in [0.2, 0.25) is 0 Å². The molecule has 0 saturated carbocycles. The van der Waals surface area contributed by atoms with Gasteiger partial charge < -0.3 is 15.4 Å². The fraction of sp³-hybridized carbons (Fsp3) is 0.333. The van der Waals surface area contributed by atoms with Crippen molar-refractivity contribution in [3.05, 3.63) is 35.4 Å². The number of methoxy groups -OCH3 is 1. The number of rotatable bonds is 4. The Morgan fingerprint density at radius 1 is 1.37 bits per heavy atom. The second-order valence-electron chi connectivity index (χ2n) is 4.11. The molecular weight excluding hydrogens is 256 g/mol. The lowest BCUT2D eigenvalue weighted by atomic mass is 10.0. The molecule has 7 heteroatoms. The Labute approximate surface area is 108 Å². The predicted octanol–water partition coefficient (Wildman–Crippen LogP) is 1.45. The molecule has 0 spiro atoms. The number of ether oxygens (including phenoxy) is 1. The highest BCUT2D eigenvalue weighted by Gasteiger charge is 2.34. The number of urea groups is 1. The number of benzene rings is 1. The molecule has 1 atom stereocenters. The van der Waals surface area contributed by atoms with Crippen molar-refractivity contribution in [2.45, 2.75) is 6.04 Å². The number of amidine groups is 1. The molecule has 102 valence electrons. The van der Waals surface area contributed by atoms with Gasteiger partial charge in [-0.05, 0) is 17.7 Å². The summed E-state index contributed by atoms with van der Waals surface area (Å²) in [5.41, 5.74) is 5.92. The van der Waals surface area contributed by atoms with Gasteiger partial charge in [0.25, 0.3) is 0 Å². The van der Waals surface area contributed by atoms with Crippen LogP contribution in [-0.4, -0.2) is 37.0 Å². The second kappa shape index (κ2) is 5.31. The van der Waals surface area contributed by atoms with Crippen LogP contribution in [0.3, 0.4) is 0 Å². The Hall–Kier alpha value is -2.02. The fourth-order valence-corrected chi connectivity index (χ4v) is 2.00. The fourth-order valence-electron chi connectivity index (χ4n) is 2.00. The number of hydrogen-bond acceptors (Lipinski definition) is 3. The molecule has 1 aromatic rings. The van der Waals surface area contributed by atoms with Crippen LogP contribution in [0, 0.1) is 11.6 Å². The molecule has 0 fully saturated rings. The quantitative estimate of drug-likeness (QED) is 0.899. The van der Waals surface area contributed by atoms with Crippen LogP contribution in [-0.2, 0) is 4.74 Å². The topological polar surface area (TPSA) is 67.9 Å². The second-order valence-corrected chi connectivity index (χ2v) is 4.11. The number of aliphatic imine (C=N–C) groups is 1. The zero-order valence-corrected chi connectivity index (χ0v) is 10.3. The van der Waals surface area contributed by atoms with Crippen molar-refractivity contribution in [1.29, 1.82) is 0 Å². The van der Waals surface area contributed by atoms with Gasteiger partial charge in [-0.1, -0.05) is 0 Å². The molecule has 0 bridgehead atoms. The Bertz CT molecular complexity index is 513. The highest BCUT2D eigenvalue weighted by atomic mass is 19.1. The van der Waals surface area contributed by atoms with Crippen LogP contribution < -0.4 is 5.73 Å². The van der Waals surface area contributed by atoms with E-state index < -0.39 is 23.7 Å². The first kappa shape index (κ1) is 13.4. The Morgan fingerprint density at radius 3 is 2.58 bits per heavy atom. The molecule has 1 unspecified atom stereocenters. The summed E-state index contributed by atoms with van der Waals surface area (Å²) in [6.07, 6.45) is 0. The first-order chi connectivity index (χ1) is 9.02. The lowest BCUT2D eigenvalue weighted by Gasteiger charge is -2.24. The summed E-state index contributed by atoms with van der Waals surface area (Å²) in [6, 6.07) is 1.73. The van der Waals surface area contributed by atoms with Crippen molar-refractivity contribution in [1.82, 2.24) is 4.90 Å². The number of amides is 2. The molecule has 1 aromatic carbocycles. The summed E-state index contributed by atoms with van der Waals surface area (Å²) in [7, 11) is 1.49. The summed E-state index contributed by atoms with van der Waals surface area (Å²) in [6.45, 7) is 0.519. The first-order valence-corrected chi connectivity index (χ1v) is 5.62. The van der Waals surface area contributed by atoms with Crippen LogP contribution >= 0.6 is 0 Å². The van der Waals surface area contributed by atoms with Gasteiger partial charge in [-0.2, -0.15) is 4.99 Å². The summed E-state index contributed by atoms with van der Waals surface area (Å²) in [4.78, 5) is 16.6. The number of nitrogens with two attached hydrogens (primary N) is 1. The molecule has 0 aromatic heterocycles. The lowest BCUT2D eigenvalue weighted by molar-refractivity contribution is 0.150. The molecule has 0 saturated heterocycles. The lowest BCUT2D eigenvalue weighted by Crippen LogP contribution is -2.35. The van der Waals surface area contributed by atoms with E-state index in [9.17, 15) is 13.6 Å². The van der Waals surface area contributed by atoms with Crippen LogP contribution in [0.2, 0.25) is 0 Å². The molecule has 1 heterocycles. The van der Waals surface area contributed by atoms with Gasteiger partial charge in [-0.3, -0.25) is 0 Å². The zero-order chi connectivity index (χ0) is 14.0. The summed E-state index contributed by atoms with van der Waals surface area (Å²) >= 11 is 0. The largest absolute Gasteiger partial charge is 0.385 e.